The topological polar surface area (TPSA) is 100 Å². The Bertz CT molecular complexity index is 793. The second kappa shape index (κ2) is 6.47. The van der Waals surface area contributed by atoms with Crippen LogP contribution in [0.5, 0.6) is 0 Å². The number of ether oxygens (including phenoxy) is 2. The van der Waals surface area contributed by atoms with E-state index in [9.17, 15) is 19.7 Å². The second-order valence-electron chi connectivity index (χ2n) is 4.73. The molecule has 0 aliphatic heterocycles. The smallest absolute Gasteiger partial charge is 0.356 e. The molecule has 0 spiro atoms. The molecule has 0 bridgehead atoms. The third kappa shape index (κ3) is 2.87. The third-order valence-electron chi connectivity index (χ3n) is 3.18. The zero-order valence-corrected chi connectivity index (χ0v) is 13.0. The zero-order valence-electron chi connectivity index (χ0n) is 13.0. The molecule has 0 saturated carbocycles. The first kappa shape index (κ1) is 16.5. The highest BCUT2D eigenvalue weighted by atomic mass is 16.6. The van der Waals surface area contributed by atoms with Crippen LogP contribution in [-0.4, -0.2) is 34.5 Å². The maximum atomic E-state index is 12.3. The van der Waals surface area contributed by atoms with Crippen molar-refractivity contribution in [2.24, 2.45) is 0 Å². The van der Waals surface area contributed by atoms with Gasteiger partial charge in [-0.2, -0.15) is 0 Å². The Morgan fingerprint density at radius 1 is 1.17 bits per heavy atom. The van der Waals surface area contributed by atoms with E-state index in [0.29, 0.717) is 0 Å². The number of pyridine rings is 1. The minimum Gasteiger partial charge on any atom is -0.462 e. The van der Waals surface area contributed by atoms with Gasteiger partial charge < -0.3 is 13.9 Å². The molecule has 8 nitrogen and oxygen atoms in total. The molecule has 122 valence electrons. The van der Waals surface area contributed by atoms with Crippen LogP contribution in [0.3, 0.4) is 0 Å². The standard InChI is InChI=1S/C15H16N2O6/c1-4-22-14(18)11-12(17(20)21)10-7-6-9(3)8-16(10)13(11)15(19)23-5-2/h6-8H,4-5H2,1-3H3. The average molecular weight is 320 g/mol. The van der Waals surface area contributed by atoms with Crippen molar-refractivity contribution >= 4 is 23.1 Å². The molecule has 0 N–H and O–H groups in total. The van der Waals surface area contributed by atoms with Crippen molar-refractivity contribution in [2.45, 2.75) is 20.8 Å². The summed E-state index contributed by atoms with van der Waals surface area (Å²) in [6, 6.07) is 3.14. The Morgan fingerprint density at radius 2 is 1.78 bits per heavy atom. The Hall–Kier alpha value is -2.90. The zero-order chi connectivity index (χ0) is 17.1. The van der Waals surface area contributed by atoms with E-state index in [0.717, 1.165) is 5.56 Å². The lowest BCUT2D eigenvalue weighted by molar-refractivity contribution is -0.383. The lowest BCUT2D eigenvalue weighted by atomic mass is 10.2. The van der Waals surface area contributed by atoms with Crippen LogP contribution in [0.2, 0.25) is 0 Å². The molecule has 0 aliphatic rings. The van der Waals surface area contributed by atoms with Gasteiger partial charge in [0.25, 0.3) is 0 Å². The van der Waals surface area contributed by atoms with Crippen molar-refractivity contribution in [1.29, 1.82) is 0 Å². The third-order valence-corrected chi connectivity index (χ3v) is 3.18. The lowest BCUT2D eigenvalue weighted by Gasteiger charge is -2.05. The van der Waals surface area contributed by atoms with Crippen molar-refractivity contribution in [3.63, 3.8) is 0 Å². The SMILES string of the molecule is CCOC(=O)c1c([N+](=O)[O-])c2ccc(C)cn2c1C(=O)OCC. The quantitative estimate of drug-likeness (QED) is 0.476. The summed E-state index contributed by atoms with van der Waals surface area (Å²) in [6.45, 7) is 5.06. The summed E-state index contributed by atoms with van der Waals surface area (Å²) in [5.41, 5.74) is -0.154. The number of fused-ring (bicyclic) bond motifs is 1. The fourth-order valence-electron chi connectivity index (χ4n) is 2.33. The highest BCUT2D eigenvalue weighted by molar-refractivity contribution is 6.09. The summed E-state index contributed by atoms with van der Waals surface area (Å²) >= 11 is 0. The van der Waals surface area contributed by atoms with Gasteiger partial charge in [-0.25, -0.2) is 9.59 Å². The Labute approximate surface area is 131 Å². The number of carbonyl (C=O) groups excluding carboxylic acids is 2. The molecule has 0 aliphatic carbocycles. The van der Waals surface area contributed by atoms with Gasteiger partial charge in [0.15, 0.2) is 11.3 Å². The maximum absolute atomic E-state index is 12.3. The summed E-state index contributed by atoms with van der Waals surface area (Å²) in [6.07, 6.45) is 1.54. The van der Waals surface area contributed by atoms with Crippen LogP contribution in [0.25, 0.3) is 5.52 Å². The van der Waals surface area contributed by atoms with Gasteiger partial charge in [-0.05, 0) is 32.4 Å². The van der Waals surface area contributed by atoms with Crippen molar-refractivity contribution < 1.29 is 24.0 Å². The van der Waals surface area contributed by atoms with E-state index in [1.54, 1.807) is 26.8 Å². The number of rotatable bonds is 5. The van der Waals surface area contributed by atoms with Gasteiger partial charge >= 0.3 is 17.6 Å². The highest BCUT2D eigenvalue weighted by Gasteiger charge is 2.36. The molecule has 0 saturated heterocycles. The second-order valence-corrected chi connectivity index (χ2v) is 4.73. The van der Waals surface area contributed by atoms with E-state index in [1.807, 2.05) is 0 Å². The molecular formula is C15H16N2O6. The molecular weight excluding hydrogens is 304 g/mol. The van der Waals surface area contributed by atoms with E-state index in [2.05, 4.69) is 0 Å². The molecule has 2 heterocycles. The maximum Gasteiger partial charge on any atom is 0.356 e. The highest BCUT2D eigenvalue weighted by Crippen LogP contribution is 2.32. The predicted octanol–water partition coefficient (Wildman–Crippen LogP) is 2.51. The number of nitrogens with zero attached hydrogens (tertiary/aromatic N) is 2. The number of carbonyl (C=O) groups is 2. The van der Waals surface area contributed by atoms with Crippen LogP contribution < -0.4 is 0 Å². The van der Waals surface area contributed by atoms with Gasteiger partial charge in [0.2, 0.25) is 0 Å². The molecule has 0 radical (unpaired) electrons. The molecule has 0 atom stereocenters. The number of esters is 2. The summed E-state index contributed by atoms with van der Waals surface area (Å²) in [5.74, 6) is -1.74. The first-order chi connectivity index (χ1) is 10.9. The molecule has 23 heavy (non-hydrogen) atoms. The Balaban J connectivity index is 2.89. The van der Waals surface area contributed by atoms with Gasteiger partial charge in [-0.1, -0.05) is 6.07 Å². The summed E-state index contributed by atoms with van der Waals surface area (Å²) < 4.78 is 11.1. The van der Waals surface area contributed by atoms with Gasteiger partial charge in [0.1, 0.15) is 5.52 Å². The minimum atomic E-state index is -0.927. The fourth-order valence-corrected chi connectivity index (χ4v) is 2.33. The van der Waals surface area contributed by atoms with Crippen LogP contribution in [0.15, 0.2) is 18.3 Å². The van der Waals surface area contributed by atoms with Crippen molar-refractivity contribution in [1.82, 2.24) is 4.40 Å². The van der Waals surface area contributed by atoms with Gasteiger partial charge in [-0.3, -0.25) is 10.1 Å². The largest absolute Gasteiger partial charge is 0.462 e. The molecule has 0 fully saturated rings. The van der Waals surface area contributed by atoms with Crippen LogP contribution >= 0.6 is 0 Å². The van der Waals surface area contributed by atoms with Crippen LogP contribution in [0.4, 0.5) is 5.69 Å². The van der Waals surface area contributed by atoms with E-state index in [1.165, 1.54) is 16.7 Å². The number of hydrogen-bond acceptors (Lipinski definition) is 6. The van der Waals surface area contributed by atoms with Crippen molar-refractivity contribution in [3.05, 3.63) is 45.3 Å². The van der Waals surface area contributed by atoms with E-state index < -0.39 is 22.5 Å². The number of aryl methyl sites for hydroxylation is 1. The van der Waals surface area contributed by atoms with Crippen LogP contribution in [-0.2, 0) is 9.47 Å². The fraction of sp³-hybridized carbons (Fsp3) is 0.333. The van der Waals surface area contributed by atoms with Crippen LogP contribution in [0.1, 0.15) is 40.3 Å². The van der Waals surface area contributed by atoms with Gasteiger partial charge in [0, 0.05) is 6.20 Å². The minimum absolute atomic E-state index is 0.0312. The first-order valence-corrected chi connectivity index (χ1v) is 7.05. The molecule has 0 aromatic carbocycles. The monoisotopic (exact) mass is 320 g/mol. The van der Waals surface area contributed by atoms with E-state index in [-0.39, 0.29) is 30.0 Å². The van der Waals surface area contributed by atoms with E-state index in [4.69, 9.17) is 9.47 Å². The lowest BCUT2D eigenvalue weighted by Crippen LogP contribution is -2.15. The molecule has 0 amide bonds. The summed E-state index contributed by atoms with van der Waals surface area (Å²) in [5, 5.41) is 11.5. The molecule has 2 aromatic rings. The summed E-state index contributed by atoms with van der Waals surface area (Å²) in [7, 11) is 0. The summed E-state index contributed by atoms with van der Waals surface area (Å²) in [4.78, 5) is 35.2. The average Bonchev–Trinajstić information content (AvgIpc) is 2.82. The number of hydrogen-bond donors (Lipinski definition) is 0. The normalized spacial score (nSPS) is 10.6. The molecule has 0 unspecified atom stereocenters. The van der Waals surface area contributed by atoms with Gasteiger partial charge in [-0.15, -0.1) is 0 Å². The van der Waals surface area contributed by atoms with Crippen molar-refractivity contribution in [2.75, 3.05) is 13.2 Å². The molecule has 8 heteroatoms. The van der Waals surface area contributed by atoms with E-state index >= 15 is 0 Å². The number of nitro groups is 1. The van der Waals surface area contributed by atoms with Gasteiger partial charge in [0.05, 0.1) is 18.1 Å². The van der Waals surface area contributed by atoms with Crippen LogP contribution in [0, 0.1) is 17.0 Å². The molecule has 2 rings (SSSR count). The number of aromatic nitrogens is 1. The first-order valence-electron chi connectivity index (χ1n) is 7.05. The molecule has 2 aromatic heterocycles. The Morgan fingerprint density at radius 3 is 2.35 bits per heavy atom. The van der Waals surface area contributed by atoms with Crippen molar-refractivity contribution in [3.8, 4) is 0 Å². The predicted molar refractivity (Wildman–Crippen MR) is 80.7 cm³/mol. The Kier molecular flexibility index (Phi) is 4.63.